The van der Waals surface area contributed by atoms with Crippen LogP contribution in [-0.4, -0.2) is 66.1 Å². The molecule has 12 aliphatic rings. The monoisotopic (exact) mass is 1940 g/mol. The lowest BCUT2D eigenvalue weighted by Gasteiger charge is -2.17. The summed E-state index contributed by atoms with van der Waals surface area (Å²) in [6, 6.07) is 32.0. The first kappa shape index (κ1) is 105. The van der Waals surface area contributed by atoms with Crippen molar-refractivity contribution >= 4 is 38.9 Å². The molecule has 15 nitrogen and oxygen atoms in total. The lowest BCUT2D eigenvalue weighted by molar-refractivity contribution is -0.142. The predicted molar refractivity (Wildman–Crippen MR) is 544 cm³/mol. The van der Waals surface area contributed by atoms with Gasteiger partial charge in [-0.1, -0.05) is 148 Å². The van der Waals surface area contributed by atoms with Crippen LogP contribution < -0.4 is 10.3 Å². The van der Waals surface area contributed by atoms with E-state index in [1.54, 1.807) is 43.8 Å². The van der Waals surface area contributed by atoms with E-state index in [4.69, 9.17) is 10.00 Å². The van der Waals surface area contributed by atoms with Crippen LogP contribution in [-0.2, 0) is 75.3 Å². The number of ether oxygens (including phenoxy) is 1. The number of aromatic hydroxyl groups is 1. The number of rotatable bonds is 11. The Morgan fingerprint density at radius 1 is 0.539 bits per heavy atom. The molecular formula is C116H140F10N12O3. The lowest BCUT2D eigenvalue weighted by atomic mass is 9.95. The van der Waals surface area contributed by atoms with Crippen molar-refractivity contribution < 1.29 is 53.7 Å². The van der Waals surface area contributed by atoms with Gasteiger partial charge in [-0.2, -0.15) is 60.1 Å². The maximum absolute atomic E-state index is 14.1. The van der Waals surface area contributed by atoms with E-state index in [0.717, 1.165) is 77.8 Å². The van der Waals surface area contributed by atoms with Crippen LogP contribution in [0.15, 0.2) is 139 Å². The van der Waals surface area contributed by atoms with Gasteiger partial charge in [0.05, 0.1) is 47.1 Å². The largest absolute Gasteiger partial charge is 0.508 e. The summed E-state index contributed by atoms with van der Waals surface area (Å²) in [4.78, 5) is 25.4. The first-order valence-electron chi connectivity index (χ1n) is 50.5. The molecule has 3 fully saturated rings. The smallest absolute Gasteiger partial charge is 0.435 e. The number of benzene rings is 4. The number of hydrogen-bond acceptors (Lipinski definition) is 9. The zero-order chi connectivity index (χ0) is 103. The van der Waals surface area contributed by atoms with Crippen molar-refractivity contribution in [2.75, 3.05) is 7.11 Å². The summed E-state index contributed by atoms with van der Waals surface area (Å²) >= 11 is 0. The standard InChI is InChI=1S/C13H16.C12H14F4N2.C12H15F3N2.C12H13F.C12H16N2.C12H15NO.C12H14O.C11H18N2.C11H13NO.C9H6F2N2/c1-9(2)12-7-6-11-5-4-10(3)8-13(11)12;1-5(2)18-10-8(9(17-18)11(3,13)14)6-4-7(6)12(10,15)16;1-6(2)17-10-8(4-3-7-5-9(7)10)11(16-17)12(13,14)15;1-8(2)11-6-4-9-3-5-10(13)7-12(9)11;1-8(2)14-7-13-11-5-9(3)10(4)6-12(11)14;1-8(2)10-6-4-9-5-7-11(14-3)13-12(9)10;1-8(2)11-6-4-9-3-5-10(13)7-12(9)11;1-8(2)13-11-7-5-4-6-10(11)9(3)12-13;1-7(2)9-5-3-8-4-6-10(13)12-11(8)9;10-9(11)6-1-5(6)7-4(2-12)3-13-8(7)9/h4-5,7-9H,6H2,1-3H3;5-7H,4H2,1-3H3;6-7,9H,3-5H2,1-2H3;3,5-8H,4H2,1-2H3;5-8H,1-4H3;5-8H,4H2,1-3H3;3,5-8,13H,4H2,1-2H3;8H,4-7H2,1-3H3;4-7H,3H2,1-2H3,(H,12,13);3,5-6,13H,1H2. The van der Waals surface area contributed by atoms with Crippen molar-refractivity contribution in [3.05, 3.63) is 290 Å². The maximum atomic E-state index is 14.1. The Labute approximate surface area is 824 Å². The van der Waals surface area contributed by atoms with Crippen LogP contribution in [0, 0.1) is 92.2 Å². The van der Waals surface area contributed by atoms with Gasteiger partial charge in [0, 0.05) is 101 Å². The third-order valence-corrected chi connectivity index (χ3v) is 29.2. The van der Waals surface area contributed by atoms with Crippen LogP contribution in [0.1, 0.15) is 352 Å². The molecule has 6 unspecified atom stereocenters. The number of phenolic OH excluding ortho intramolecular Hbond substituents is 1. The van der Waals surface area contributed by atoms with E-state index in [1.165, 1.54) is 144 Å². The van der Waals surface area contributed by atoms with E-state index in [1.807, 2.05) is 56.6 Å². The van der Waals surface area contributed by atoms with E-state index in [-0.39, 0.29) is 46.3 Å². The number of pyridine rings is 2. The molecule has 4 aromatic carbocycles. The van der Waals surface area contributed by atoms with E-state index in [2.05, 4.69) is 236 Å². The molecule has 3 N–H and O–H groups in total. The highest BCUT2D eigenvalue weighted by Gasteiger charge is 2.68. The van der Waals surface area contributed by atoms with Crippen molar-refractivity contribution in [2.24, 2.45) is 47.3 Å². The fourth-order valence-corrected chi connectivity index (χ4v) is 21.5. The molecule has 0 amide bonds. The van der Waals surface area contributed by atoms with Gasteiger partial charge < -0.3 is 24.4 Å². The molecule has 0 saturated heterocycles. The number of hydrogen-bond donors (Lipinski definition) is 3. The van der Waals surface area contributed by atoms with E-state index in [9.17, 15) is 53.8 Å². The molecule has 3 saturated carbocycles. The van der Waals surface area contributed by atoms with Crippen molar-refractivity contribution in [3.63, 3.8) is 0 Å². The zero-order valence-electron chi connectivity index (χ0n) is 86.3. The minimum atomic E-state index is -4.31. The van der Waals surface area contributed by atoms with Crippen LogP contribution in [0.25, 0.3) is 38.9 Å². The SMILES string of the molecule is CC(C)C1=CCc2ccc(=O)[nH]c21.CC(C)C1=CCc2ccc(F)cc21.CC(C)C1=CCc2ccc(O)cc21.CC(C)n1nc(C(C)(F)F)c2c1C(F)(F)C1CC21.CC(C)n1nc(C(F)(F)F)c2c1C1CC1CC2.COc1ccc2c(n1)C(C(C)C)=CC2.Cc1cc2ncn(C(C)C)c2cc1C.Cc1ccc2c(c1)C(C(C)C)=CC2.Cc1nn(C(C)C)c2c1CCCC2.N#Cc1c[nH]c2c1C1CC1C2(F)F. The third-order valence-electron chi connectivity index (χ3n) is 29.2. The van der Waals surface area contributed by atoms with Gasteiger partial charge in [0.2, 0.25) is 11.4 Å². The van der Waals surface area contributed by atoms with Gasteiger partial charge in [0.1, 0.15) is 29.0 Å². The minimum absolute atomic E-state index is 0.000741. The number of nitrogens with one attached hydrogen (secondary N) is 2. The van der Waals surface area contributed by atoms with E-state index >= 15 is 0 Å². The van der Waals surface area contributed by atoms with Gasteiger partial charge >= 0.3 is 6.18 Å². The second-order valence-corrected chi connectivity index (χ2v) is 42.6. The van der Waals surface area contributed by atoms with Gasteiger partial charge in [-0.05, 0) is 346 Å². The number of nitriles is 1. The van der Waals surface area contributed by atoms with Crippen LogP contribution in [0.4, 0.5) is 43.9 Å². The van der Waals surface area contributed by atoms with Gasteiger partial charge in [0.15, 0.2) is 5.69 Å². The summed E-state index contributed by atoms with van der Waals surface area (Å²) in [5, 5.41) is 30.3. The van der Waals surface area contributed by atoms with E-state index < -0.39 is 53.1 Å². The summed E-state index contributed by atoms with van der Waals surface area (Å²) < 4.78 is 146. The molecule has 7 aromatic heterocycles. The molecule has 7 heterocycles. The fourth-order valence-electron chi connectivity index (χ4n) is 21.5. The normalized spacial score (nSPS) is 19.3. The molecule has 0 aliphatic heterocycles. The average Bonchev–Trinajstić information content (AvgIpc) is 1.51. The summed E-state index contributed by atoms with van der Waals surface area (Å²) in [5.74, 6) is -6.13. The number of aromatic nitrogens is 11. The first-order chi connectivity index (χ1) is 66.4. The number of H-pyrrole nitrogens is 2. The quantitative estimate of drug-likeness (QED) is 0.106. The Balaban J connectivity index is 0.000000125. The Morgan fingerprint density at radius 2 is 1.06 bits per heavy atom. The molecule has 11 aromatic rings. The lowest BCUT2D eigenvalue weighted by Crippen LogP contribution is -2.21. The van der Waals surface area contributed by atoms with E-state index in [0.29, 0.717) is 108 Å². The van der Waals surface area contributed by atoms with Crippen molar-refractivity contribution in [1.82, 2.24) is 53.8 Å². The molecule has 12 aliphatic carbocycles. The van der Waals surface area contributed by atoms with Crippen molar-refractivity contribution in [3.8, 4) is 17.7 Å². The second-order valence-electron chi connectivity index (χ2n) is 42.6. The molecule has 752 valence electrons. The summed E-state index contributed by atoms with van der Waals surface area (Å²) in [6.07, 6.45) is 23.8. The molecule has 0 radical (unpaired) electrons. The summed E-state index contributed by atoms with van der Waals surface area (Å²) in [5.41, 5.74) is 31.0. The molecular weight excluding hydrogens is 1800 g/mol. The molecule has 6 atom stereocenters. The van der Waals surface area contributed by atoms with Gasteiger partial charge in [0.25, 0.3) is 17.8 Å². The number of allylic oxidation sites excluding steroid dienone is 10. The topological polar surface area (TPSA) is 186 Å². The number of nitrogens with zero attached hydrogens (tertiary/aromatic N) is 10. The zero-order valence-corrected chi connectivity index (χ0v) is 86.3. The number of phenols is 1. The fraction of sp³-hybridized carbons (Fsp3) is 0.491. The maximum Gasteiger partial charge on any atom is 0.435 e. The molecule has 25 heteroatoms. The molecule has 0 spiro atoms. The molecule has 141 heavy (non-hydrogen) atoms. The predicted octanol–water partition coefficient (Wildman–Crippen LogP) is 30.0. The number of alkyl halides is 9. The number of aryl methyl sites for hydroxylation is 4. The average molecular weight is 1940 g/mol. The summed E-state index contributed by atoms with van der Waals surface area (Å²) in [7, 11) is 1.66. The Bertz CT molecular complexity index is 6530. The minimum Gasteiger partial charge on any atom is -0.508 e. The number of halogens is 10. The number of methoxy groups -OCH3 is 1. The Hall–Kier alpha value is -11.6. The first-order valence-corrected chi connectivity index (χ1v) is 50.5. The molecule has 0 bridgehead atoms. The highest BCUT2D eigenvalue weighted by molar-refractivity contribution is 5.79. The van der Waals surface area contributed by atoms with Gasteiger partial charge in [-0.25, -0.2) is 14.4 Å². The highest BCUT2D eigenvalue weighted by Crippen LogP contribution is 2.70. The number of fused-ring (bicyclic) bond motifs is 16. The van der Waals surface area contributed by atoms with Crippen molar-refractivity contribution in [2.45, 2.75) is 315 Å². The second kappa shape index (κ2) is 42.2. The van der Waals surface area contributed by atoms with Crippen LogP contribution >= 0.6 is 0 Å². The summed E-state index contributed by atoms with van der Waals surface area (Å²) in [6.45, 7) is 47.1. The van der Waals surface area contributed by atoms with Crippen molar-refractivity contribution in [1.29, 1.82) is 5.26 Å². The number of imidazole rings is 1. The highest BCUT2D eigenvalue weighted by atomic mass is 19.4. The van der Waals surface area contributed by atoms with Gasteiger partial charge in [-0.3, -0.25) is 18.8 Å². The van der Waals surface area contributed by atoms with Crippen LogP contribution in [0.2, 0.25) is 0 Å². The van der Waals surface area contributed by atoms with Gasteiger partial charge in [-0.15, -0.1) is 0 Å². The van der Waals surface area contributed by atoms with Crippen LogP contribution in [0.3, 0.4) is 0 Å². The Kier molecular flexibility index (Phi) is 31.5. The number of aromatic amines is 2. The molecule has 23 rings (SSSR count). The third kappa shape index (κ3) is 22.5. The van der Waals surface area contributed by atoms with Crippen LogP contribution in [0.5, 0.6) is 11.6 Å². The Morgan fingerprint density at radius 3 is 1.65 bits per heavy atom.